The van der Waals surface area contributed by atoms with Gasteiger partial charge in [-0.2, -0.15) is 0 Å². The van der Waals surface area contributed by atoms with E-state index in [0.717, 1.165) is 18.9 Å². The van der Waals surface area contributed by atoms with Crippen molar-refractivity contribution in [3.63, 3.8) is 0 Å². The zero-order valence-corrected chi connectivity index (χ0v) is 11.5. The largest absolute Gasteiger partial charge is 0.310 e. The van der Waals surface area contributed by atoms with Gasteiger partial charge in [-0.1, -0.05) is 32.4 Å². The van der Waals surface area contributed by atoms with Crippen molar-refractivity contribution in [3.8, 4) is 0 Å². The molecule has 1 nitrogen and oxygen atoms in total. The Kier molecular flexibility index (Phi) is 4.76. The van der Waals surface area contributed by atoms with E-state index < -0.39 is 0 Å². The Morgan fingerprint density at radius 3 is 2.56 bits per heavy atom. The molecule has 0 saturated heterocycles. The zero-order chi connectivity index (χ0) is 13.0. The van der Waals surface area contributed by atoms with E-state index in [1.807, 2.05) is 12.1 Å². The molecule has 18 heavy (non-hydrogen) atoms. The molecule has 1 saturated carbocycles. The molecule has 0 spiro atoms. The molecule has 1 N–H and O–H groups in total. The van der Waals surface area contributed by atoms with Crippen molar-refractivity contribution in [2.75, 3.05) is 6.54 Å². The summed E-state index contributed by atoms with van der Waals surface area (Å²) in [4.78, 5) is 0. The number of hydrogen-bond acceptors (Lipinski definition) is 1. The van der Waals surface area contributed by atoms with Crippen LogP contribution in [0.3, 0.4) is 0 Å². The molecule has 1 fully saturated rings. The van der Waals surface area contributed by atoms with Crippen LogP contribution in [-0.2, 0) is 0 Å². The molecule has 0 aliphatic heterocycles. The fraction of sp³-hybridized carbons (Fsp3) is 0.625. The minimum absolute atomic E-state index is 0.146. The van der Waals surface area contributed by atoms with Gasteiger partial charge in [0.1, 0.15) is 5.82 Å². The predicted molar refractivity (Wildman–Crippen MR) is 73.9 cm³/mol. The molecule has 3 unspecified atom stereocenters. The molecule has 1 aromatic carbocycles. The van der Waals surface area contributed by atoms with Gasteiger partial charge in [0.25, 0.3) is 0 Å². The van der Waals surface area contributed by atoms with Crippen LogP contribution in [0, 0.1) is 17.7 Å². The van der Waals surface area contributed by atoms with E-state index in [-0.39, 0.29) is 5.82 Å². The lowest BCUT2D eigenvalue weighted by molar-refractivity contribution is 0.359. The van der Waals surface area contributed by atoms with Crippen LogP contribution in [0.4, 0.5) is 4.39 Å². The summed E-state index contributed by atoms with van der Waals surface area (Å²) in [7, 11) is 0. The van der Waals surface area contributed by atoms with Gasteiger partial charge in [-0.05, 0) is 55.3 Å². The van der Waals surface area contributed by atoms with E-state index in [0.29, 0.717) is 12.0 Å². The first-order valence-electron chi connectivity index (χ1n) is 7.19. The Hall–Kier alpha value is -0.890. The standard InChI is InChI=1S/C16H24FN/c1-3-10-18-16(14-5-4-12(2)11-14)13-6-8-15(17)9-7-13/h6-9,12,14,16,18H,3-5,10-11H2,1-2H3. The molecule has 0 bridgehead atoms. The van der Waals surface area contributed by atoms with Crippen molar-refractivity contribution in [1.29, 1.82) is 0 Å². The van der Waals surface area contributed by atoms with Gasteiger partial charge < -0.3 is 5.32 Å². The van der Waals surface area contributed by atoms with E-state index in [2.05, 4.69) is 19.2 Å². The third kappa shape index (κ3) is 3.32. The Balaban J connectivity index is 2.11. The monoisotopic (exact) mass is 249 g/mol. The first-order valence-corrected chi connectivity index (χ1v) is 7.19. The van der Waals surface area contributed by atoms with Crippen LogP contribution in [0.15, 0.2) is 24.3 Å². The Morgan fingerprint density at radius 1 is 1.28 bits per heavy atom. The topological polar surface area (TPSA) is 12.0 Å². The van der Waals surface area contributed by atoms with Crippen LogP contribution in [0.1, 0.15) is 51.1 Å². The highest BCUT2D eigenvalue weighted by Crippen LogP contribution is 2.38. The normalized spacial score (nSPS) is 25.3. The number of hydrogen-bond donors (Lipinski definition) is 1. The van der Waals surface area contributed by atoms with Crippen molar-refractivity contribution in [1.82, 2.24) is 5.32 Å². The summed E-state index contributed by atoms with van der Waals surface area (Å²) < 4.78 is 13.0. The number of nitrogens with one attached hydrogen (secondary N) is 1. The van der Waals surface area contributed by atoms with Gasteiger partial charge >= 0.3 is 0 Å². The quantitative estimate of drug-likeness (QED) is 0.820. The van der Waals surface area contributed by atoms with E-state index in [1.54, 1.807) is 12.1 Å². The molecule has 2 rings (SSSR count). The van der Waals surface area contributed by atoms with E-state index >= 15 is 0 Å². The Morgan fingerprint density at radius 2 is 2.00 bits per heavy atom. The molecular weight excluding hydrogens is 225 g/mol. The molecule has 3 atom stereocenters. The third-order valence-corrected chi connectivity index (χ3v) is 4.05. The zero-order valence-electron chi connectivity index (χ0n) is 11.5. The SMILES string of the molecule is CCCNC(c1ccc(F)cc1)C1CCC(C)C1. The summed E-state index contributed by atoms with van der Waals surface area (Å²) >= 11 is 0. The third-order valence-electron chi connectivity index (χ3n) is 4.05. The predicted octanol–water partition coefficient (Wildman–Crippen LogP) is 4.30. The summed E-state index contributed by atoms with van der Waals surface area (Å²) in [6.45, 7) is 5.56. The minimum Gasteiger partial charge on any atom is -0.310 e. The van der Waals surface area contributed by atoms with Crippen molar-refractivity contribution in [2.24, 2.45) is 11.8 Å². The lowest BCUT2D eigenvalue weighted by atomic mass is 9.91. The highest BCUT2D eigenvalue weighted by molar-refractivity contribution is 5.21. The number of halogens is 1. The van der Waals surface area contributed by atoms with Crippen molar-refractivity contribution in [2.45, 2.75) is 45.6 Å². The molecular formula is C16H24FN. The number of rotatable bonds is 5. The van der Waals surface area contributed by atoms with Crippen molar-refractivity contribution in [3.05, 3.63) is 35.6 Å². The fourth-order valence-electron chi connectivity index (χ4n) is 3.08. The second kappa shape index (κ2) is 6.33. The molecule has 2 heteroatoms. The second-order valence-electron chi connectivity index (χ2n) is 5.66. The average molecular weight is 249 g/mol. The Bertz CT molecular complexity index is 360. The summed E-state index contributed by atoms with van der Waals surface area (Å²) in [5.74, 6) is 1.39. The van der Waals surface area contributed by atoms with Gasteiger partial charge in [0.15, 0.2) is 0 Å². The lowest BCUT2D eigenvalue weighted by Gasteiger charge is -2.25. The van der Waals surface area contributed by atoms with Gasteiger partial charge in [-0.15, -0.1) is 0 Å². The van der Waals surface area contributed by atoms with Crippen LogP contribution >= 0.6 is 0 Å². The maximum atomic E-state index is 13.0. The summed E-state index contributed by atoms with van der Waals surface area (Å²) in [6.07, 6.45) is 5.05. The van der Waals surface area contributed by atoms with Crippen LogP contribution in [0.2, 0.25) is 0 Å². The van der Waals surface area contributed by atoms with Gasteiger partial charge in [0.05, 0.1) is 0 Å². The molecule has 1 aliphatic rings. The molecule has 100 valence electrons. The first-order chi connectivity index (χ1) is 8.70. The minimum atomic E-state index is -0.146. The fourth-order valence-corrected chi connectivity index (χ4v) is 3.08. The van der Waals surface area contributed by atoms with Gasteiger partial charge in [0.2, 0.25) is 0 Å². The maximum Gasteiger partial charge on any atom is 0.123 e. The molecule has 0 amide bonds. The summed E-state index contributed by atoms with van der Waals surface area (Å²) in [5.41, 5.74) is 1.24. The van der Waals surface area contributed by atoms with Crippen molar-refractivity contribution >= 4 is 0 Å². The van der Waals surface area contributed by atoms with Crippen LogP contribution in [0.25, 0.3) is 0 Å². The smallest absolute Gasteiger partial charge is 0.123 e. The maximum absolute atomic E-state index is 13.0. The Labute approximate surface area is 110 Å². The van der Waals surface area contributed by atoms with Crippen LogP contribution < -0.4 is 5.32 Å². The van der Waals surface area contributed by atoms with E-state index in [1.165, 1.54) is 24.8 Å². The lowest BCUT2D eigenvalue weighted by Crippen LogP contribution is -2.28. The molecule has 1 aliphatic carbocycles. The molecule has 0 heterocycles. The molecule has 1 aromatic rings. The summed E-state index contributed by atoms with van der Waals surface area (Å²) in [6, 6.07) is 7.43. The van der Waals surface area contributed by atoms with Crippen LogP contribution in [-0.4, -0.2) is 6.54 Å². The molecule has 0 aromatic heterocycles. The number of benzene rings is 1. The van der Waals surface area contributed by atoms with Gasteiger partial charge in [0, 0.05) is 6.04 Å². The second-order valence-corrected chi connectivity index (χ2v) is 5.66. The van der Waals surface area contributed by atoms with E-state index in [4.69, 9.17) is 0 Å². The van der Waals surface area contributed by atoms with Crippen LogP contribution in [0.5, 0.6) is 0 Å². The van der Waals surface area contributed by atoms with Crippen molar-refractivity contribution < 1.29 is 4.39 Å². The van der Waals surface area contributed by atoms with E-state index in [9.17, 15) is 4.39 Å². The van der Waals surface area contributed by atoms with Gasteiger partial charge in [-0.25, -0.2) is 4.39 Å². The highest BCUT2D eigenvalue weighted by Gasteiger charge is 2.29. The summed E-state index contributed by atoms with van der Waals surface area (Å²) in [5, 5.41) is 3.65. The molecule has 0 radical (unpaired) electrons. The first kappa shape index (κ1) is 13.5. The highest BCUT2D eigenvalue weighted by atomic mass is 19.1. The average Bonchev–Trinajstić information content (AvgIpc) is 2.78. The van der Waals surface area contributed by atoms with Gasteiger partial charge in [-0.3, -0.25) is 0 Å².